The van der Waals surface area contributed by atoms with Crippen molar-refractivity contribution in [2.24, 2.45) is 0 Å². The van der Waals surface area contributed by atoms with Crippen LogP contribution in [-0.4, -0.2) is 0 Å². The Labute approximate surface area is 150 Å². The van der Waals surface area contributed by atoms with Gasteiger partial charge in [0.1, 0.15) is 0 Å². The van der Waals surface area contributed by atoms with Gasteiger partial charge < -0.3 is 5.32 Å². The van der Waals surface area contributed by atoms with Gasteiger partial charge in [-0.3, -0.25) is 0 Å². The second-order valence-electron chi connectivity index (χ2n) is 6.97. The van der Waals surface area contributed by atoms with Crippen LogP contribution in [0.2, 0.25) is 0 Å². The highest BCUT2D eigenvalue weighted by Gasteiger charge is 2.26. The Hall–Kier alpha value is -2.80. The van der Waals surface area contributed by atoms with Crippen molar-refractivity contribution in [1.29, 1.82) is 0 Å². The quantitative estimate of drug-likeness (QED) is 0.520. The lowest BCUT2D eigenvalue weighted by atomic mass is 9.74. The summed E-state index contributed by atoms with van der Waals surface area (Å²) in [6, 6.07) is 23.1. The van der Waals surface area contributed by atoms with Crippen LogP contribution in [0.5, 0.6) is 0 Å². The first-order valence-corrected chi connectivity index (χ1v) is 8.66. The molecule has 0 bridgehead atoms. The Bertz CT molecular complexity index is 917. The largest absolute Gasteiger partial charge is 0.362 e. The number of anilines is 1. The van der Waals surface area contributed by atoms with E-state index in [-0.39, 0.29) is 5.41 Å². The van der Waals surface area contributed by atoms with Crippen molar-refractivity contribution in [1.82, 2.24) is 0 Å². The van der Waals surface area contributed by atoms with Crippen LogP contribution in [0.25, 0.3) is 10.8 Å². The highest BCUT2D eigenvalue weighted by atomic mass is 14.8. The molecule has 0 aliphatic heterocycles. The van der Waals surface area contributed by atoms with Gasteiger partial charge in [0, 0.05) is 17.3 Å². The van der Waals surface area contributed by atoms with Crippen LogP contribution in [0, 0.1) is 6.92 Å². The molecule has 1 heteroatoms. The Morgan fingerprint density at radius 3 is 2.36 bits per heavy atom. The molecule has 25 heavy (non-hydrogen) atoms. The molecule has 126 valence electrons. The van der Waals surface area contributed by atoms with E-state index in [4.69, 9.17) is 0 Å². The van der Waals surface area contributed by atoms with Crippen molar-refractivity contribution in [2.75, 3.05) is 5.32 Å². The molecule has 0 saturated carbocycles. The maximum Gasteiger partial charge on any atom is 0.0379 e. The molecule has 1 N–H and O–H groups in total. The molecule has 0 fully saturated rings. The Kier molecular flexibility index (Phi) is 4.76. The first-order chi connectivity index (χ1) is 12.0. The van der Waals surface area contributed by atoms with E-state index in [1.54, 1.807) is 0 Å². The van der Waals surface area contributed by atoms with E-state index in [0.717, 1.165) is 11.3 Å². The van der Waals surface area contributed by atoms with Crippen LogP contribution >= 0.6 is 0 Å². The fourth-order valence-electron chi connectivity index (χ4n) is 3.35. The molecule has 0 unspecified atom stereocenters. The summed E-state index contributed by atoms with van der Waals surface area (Å²) >= 11 is 0. The van der Waals surface area contributed by atoms with Crippen LogP contribution in [0.1, 0.15) is 25.0 Å². The van der Waals surface area contributed by atoms with Crippen molar-refractivity contribution in [3.63, 3.8) is 0 Å². The lowest BCUT2D eigenvalue weighted by Crippen LogP contribution is -2.20. The van der Waals surface area contributed by atoms with Gasteiger partial charge in [0.25, 0.3) is 0 Å². The fourth-order valence-corrected chi connectivity index (χ4v) is 3.35. The summed E-state index contributed by atoms with van der Waals surface area (Å²) in [6.07, 6.45) is 4.05. The second kappa shape index (κ2) is 6.98. The van der Waals surface area contributed by atoms with Crippen LogP contribution < -0.4 is 5.32 Å². The monoisotopic (exact) mass is 327 g/mol. The van der Waals surface area contributed by atoms with Crippen molar-refractivity contribution in [3.05, 3.63) is 102 Å². The van der Waals surface area contributed by atoms with E-state index in [0.29, 0.717) is 0 Å². The third kappa shape index (κ3) is 3.51. The standard InChI is InChI=1S/C24H25N/c1-18-14-15-20-10-8-9-13-22(20)23(18)24(3,4)19(2)16-17-25-21-11-6-5-7-12-21/h5-17,25H,2H2,1,3-4H3/b17-16+. The topological polar surface area (TPSA) is 12.0 Å². The predicted molar refractivity (Wildman–Crippen MR) is 110 cm³/mol. The molecule has 0 amide bonds. The number of fused-ring (bicyclic) bond motifs is 1. The molecule has 3 rings (SSSR count). The van der Waals surface area contributed by atoms with Crippen molar-refractivity contribution >= 4 is 16.5 Å². The van der Waals surface area contributed by atoms with E-state index in [1.807, 2.05) is 36.5 Å². The fraction of sp³-hybridized carbons (Fsp3) is 0.167. The third-order valence-corrected chi connectivity index (χ3v) is 4.87. The molecule has 0 heterocycles. The summed E-state index contributed by atoms with van der Waals surface area (Å²) in [5.41, 5.74) is 4.65. The molecular formula is C24H25N. The molecule has 1 nitrogen and oxygen atoms in total. The molecule has 0 atom stereocenters. The molecule has 0 saturated heterocycles. The van der Waals surface area contributed by atoms with E-state index >= 15 is 0 Å². The number of nitrogens with one attached hydrogen (secondary N) is 1. The van der Waals surface area contributed by atoms with Crippen LogP contribution in [0.4, 0.5) is 5.69 Å². The summed E-state index contributed by atoms with van der Waals surface area (Å²) in [6.45, 7) is 11.0. The number of rotatable bonds is 5. The van der Waals surface area contributed by atoms with Crippen molar-refractivity contribution < 1.29 is 0 Å². The lowest BCUT2D eigenvalue weighted by Gasteiger charge is -2.30. The minimum absolute atomic E-state index is 0.153. The summed E-state index contributed by atoms with van der Waals surface area (Å²) in [5, 5.41) is 5.89. The van der Waals surface area contributed by atoms with Gasteiger partial charge in [-0.05, 0) is 52.6 Å². The molecule has 0 radical (unpaired) electrons. The van der Waals surface area contributed by atoms with E-state index in [2.05, 4.69) is 75.1 Å². The predicted octanol–water partition coefficient (Wildman–Crippen LogP) is 6.61. The van der Waals surface area contributed by atoms with Gasteiger partial charge >= 0.3 is 0 Å². The zero-order chi connectivity index (χ0) is 17.9. The average Bonchev–Trinajstić information content (AvgIpc) is 2.62. The van der Waals surface area contributed by atoms with Gasteiger partial charge in [0.2, 0.25) is 0 Å². The summed E-state index contributed by atoms with van der Waals surface area (Å²) < 4.78 is 0. The van der Waals surface area contributed by atoms with E-state index in [1.165, 1.54) is 21.9 Å². The molecule has 0 aliphatic rings. The highest BCUT2D eigenvalue weighted by molar-refractivity contribution is 5.88. The maximum atomic E-state index is 4.36. The SMILES string of the molecule is C=C(/C=C/Nc1ccccc1)C(C)(C)c1c(C)ccc2ccccc12. The zero-order valence-electron chi connectivity index (χ0n) is 15.2. The van der Waals surface area contributed by atoms with Crippen LogP contribution in [0.15, 0.2) is 91.2 Å². The maximum absolute atomic E-state index is 4.36. The molecule has 0 aromatic heterocycles. The number of hydrogen-bond acceptors (Lipinski definition) is 1. The lowest BCUT2D eigenvalue weighted by molar-refractivity contribution is 0.643. The van der Waals surface area contributed by atoms with Gasteiger partial charge in [-0.15, -0.1) is 0 Å². The Balaban J connectivity index is 1.91. The molecule has 0 spiro atoms. The Morgan fingerprint density at radius 2 is 1.60 bits per heavy atom. The van der Waals surface area contributed by atoms with Gasteiger partial charge in [-0.25, -0.2) is 0 Å². The molecular weight excluding hydrogens is 302 g/mol. The molecule has 0 aliphatic carbocycles. The first-order valence-electron chi connectivity index (χ1n) is 8.66. The highest BCUT2D eigenvalue weighted by Crippen LogP contribution is 2.38. The van der Waals surface area contributed by atoms with Crippen LogP contribution in [-0.2, 0) is 5.41 Å². The van der Waals surface area contributed by atoms with Gasteiger partial charge in [-0.2, -0.15) is 0 Å². The second-order valence-corrected chi connectivity index (χ2v) is 6.97. The number of para-hydroxylation sites is 1. The minimum atomic E-state index is -0.153. The summed E-state index contributed by atoms with van der Waals surface area (Å²) in [4.78, 5) is 0. The van der Waals surface area contributed by atoms with Gasteiger partial charge in [0.15, 0.2) is 0 Å². The number of benzene rings is 3. The number of aryl methyl sites for hydroxylation is 1. The smallest absolute Gasteiger partial charge is 0.0379 e. The summed E-state index contributed by atoms with van der Waals surface area (Å²) in [7, 11) is 0. The number of hydrogen-bond donors (Lipinski definition) is 1. The van der Waals surface area contributed by atoms with E-state index in [9.17, 15) is 0 Å². The minimum Gasteiger partial charge on any atom is -0.362 e. The average molecular weight is 327 g/mol. The van der Waals surface area contributed by atoms with Crippen molar-refractivity contribution in [3.8, 4) is 0 Å². The first kappa shape index (κ1) is 17.0. The van der Waals surface area contributed by atoms with Gasteiger partial charge in [0.05, 0.1) is 0 Å². The normalized spacial score (nSPS) is 11.8. The van der Waals surface area contributed by atoms with Crippen molar-refractivity contribution in [2.45, 2.75) is 26.2 Å². The Morgan fingerprint density at radius 1 is 0.920 bits per heavy atom. The van der Waals surface area contributed by atoms with Crippen LogP contribution in [0.3, 0.4) is 0 Å². The number of allylic oxidation sites excluding steroid dienone is 2. The zero-order valence-corrected chi connectivity index (χ0v) is 15.2. The molecule has 3 aromatic rings. The summed E-state index contributed by atoms with van der Waals surface area (Å²) in [5.74, 6) is 0. The third-order valence-electron chi connectivity index (χ3n) is 4.87. The van der Waals surface area contributed by atoms with E-state index < -0.39 is 0 Å². The van der Waals surface area contributed by atoms with Gasteiger partial charge in [-0.1, -0.05) is 75.0 Å². The molecule has 3 aromatic carbocycles.